The van der Waals surface area contributed by atoms with Crippen molar-refractivity contribution in [1.82, 2.24) is 47.9 Å². The van der Waals surface area contributed by atoms with E-state index in [0.29, 0.717) is 12.4 Å². The summed E-state index contributed by atoms with van der Waals surface area (Å²) in [5, 5.41) is 82.7. The Labute approximate surface area is 526 Å². The molecule has 1 aromatic rings. The number of carboxylic acids is 2. The Kier molecular flexibility index (Phi) is 37.0. The van der Waals surface area contributed by atoms with Crippen molar-refractivity contribution in [2.75, 3.05) is 38.7 Å². The number of aryl methyl sites for hydroxylation is 1. The molecule has 0 saturated carbocycles. The van der Waals surface area contributed by atoms with Crippen molar-refractivity contribution in [2.24, 2.45) is 17.2 Å². The van der Waals surface area contributed by atoms with E-state index < -0.39 is 194 Å². The number of cyclic esters (lactones) is 1. The largest absolute Gasteiger partial charge is 0.494 e. The molecule has 6 unspecified atom stereocenters. The standard InChI is InChI=1S/C57H91ClN12O20/c1-4-6-7-8-9-10-13-25-89-34-16-14-15-32(26-34)18-19-33(72)27-42(74)62-40-30-90-57(88)45(41(73)29-58)69-48(78)35(5-2)63-54(84)44(31(3)71)68-51(81)38(21-24-61)66-55(85)46(47(77)56(86)87)70-50(80)36(17-11-12-22-59)64-52(82)39(28-43(75)76)67-49(79)37(20-23-60)65-53(40)83/h5,14-16,26,31,33,36-41,44-47,71-73,77H,4,6-13,17-25,27-30,59-61H2,1-3H3,(H,62,74)(H,63,84)(H,64,82)(H,65,83)(H,66,85)(H,67,79)(H,68,81)(H,69,78)(H,70,80)(H,75,76)(H,86,87)/b35-5+/t31-,33-,36?,37?,38-,39-,40?,41+,44?,45?,46?,47-/m0/s1. The van der Waals surface area contributed by atoms with Crippen LogP contribution in [0.2, 0.25) is 0 Å². The lowest BCUT2D eigenvalue weighted by atomic mass is 10.0. The Bertz CT molecular complexity index is 2580. The van der Waals surface area contributed by atoms with Gasteiger partial charge in [0.1, 0.15) is 60.3 Å². The fourth-order valence-electron chi connectivity index (χ4n) is 8.91. The monoisotopic (exact) mass is 1300 g/mol. The molecule has 1 fully saturated rings. The number of amides is 9. The zero-order chi connectivity index (χ0) is 67.5. The van der Waals surface area contributed by atoms with E-state index in [0.717, 1.165) is 50.7 Å². The molecule has 1 aliphatic rings. The normalized spacial score (nSPS) is 23.5. The number of hydrogen-bond donors (Lipinski definition) is 18. The number of aliphatic carboxylic acids is 2. The van der Waals surface area contributed by atoms with Crippen LogP contribution in [0.3, 0.4) is 0 Å². The van der Waals surface area contributed by atoms with Crippen molar-refractivity contribution in [2.45, 2.75) is 196 Å². The number of unbranched alkanes of at least 4 members (excludes halogenated alkanes) is 7. The molecule has 90 heavy (non-hydrogen) atoms. The van der Waals surface area contributed by atoms with Gasteiger partial charge in [-0.05, 0) is 103 Å². The molecule has 9 amide bonds. The van der Waals surface area contributed by atoms with Gasteiger partial charge in [-0.15, -0.1) is 11.6 Å². The van der Waals surface area contributed by atoms with Gasteiger partial charge in [-0.25, -0.2) is 9.59 Å². The van der Waals surface area contributed by atoms with Crippen molar-refractivity contribution in [3.8, 4) is 5.75 Å². The lowest BCUT2D eigenvalue weighted by molar-refractivity contribution is -0.153. The number of alkyl halides is 1. The highest BCUT2D eigenvalue weighted by atomic mass is 35.5. The lowest BCUT2D eigenvalue weighted by Gasteiger charge is -2.29. The summed E-state index contributed by atoms with van der Waals surface area (Å²) in [5.41, 5.74) is 17.3. The molecule has 0 aromatic heterocycles. The first-order chi connectivity index (χ1) is 42.7. The fourth-order valence-corrected chi connectivity index (χ4v) is 9.09. The Morgan fingerprint density at radius 2 is 1.26 bits per heavy atom. The summed E-state index contributed by atoms with van der Waals surface area (Å²) in [6.45, 7) is 3.04. The smallest absolute Gasteiger partial charge is 0.335 e. The maximum atomic E-state index is 14.3. The first-order valence-corrected chi connectivity index (χ1v) is 30.4. The number of allylic oxidation sites excluding steroid dienone is 1. The predicted molar refractivity (Wildman–Crippen MR) is 322 cm³/mol. The van der Waals surface area contributed by atoms with E-state index in [9.17, 15) is 88.2 Å². The Balaban J connectivity index is 2.71. The first-order valence-electron chi connectivity index (χ1n) is 29.9. The third-order valence-electron chi connectivity index (χ3n) is 14.0. The van der Waals surface area contributed by atoms with Crippen LogP contribution in [0, 0.1) is 0 Å². The summed E-state index contributed by atoms with van der Waals surface area (Å²) in [6, 6.07) is -8.98. The number of carboxylic acid groups (broad SMARTS) is 2. The van der Waals surface area contributed by atoms with Gasteiger partial charge >= 0.3 is 17.9 Å². The maximum Gasteiger partial charge on any atom is 0.335 e. The van der Waals surface area contributed by atoms with E-state index in [1.54, 1.807) is 24.3 Å². The highest BCUT2D eigenvalue weighted by molar-refractivity contribution is 6.18. The third-order valence-corrected chi connectivity index (χ3v) is 14.3. The maximum absolute atomic E-state index is 14.3. The van der Waals surface area contributed by atoms with Crippen molar-refractivity contribution >= 4 is 82.7 Å². The Morgan fingerprint density at radius 1 is 0.689 bits per heavy atom. The second kappa shape index (κ2) is 42.4. The molecule has 21 N–H and O–H groups in total. The molecule has 33 heteroatoms. The third kappa shape index (κ3) is 28.5. The van der Waals surface area contributed by atoms with Gasteiger partial charge in [0.15, 0.2) is 12.1 Å². The molecule has 1 aromatic carbocycles. The second-order valence-corrected chi connectivity index (χ2v) is 21.7. The van der Waals surface area contributed by atoms with Crippen molar-refractivity contribution in [3.05, 3.63) is 41.6 Å². The number of carbonyl (C=O) groups excluding carboxylic acids is 10. The van der Waals surface area contributed by atoms with E-state index in [1.807, 2.05) is 5.32 Å². The molecule has 1 aliphatic heterocycles. The van der Waals surface area contributed by atoms with Crippen LogP contribution in [-0.2, 0) is 68.7 Å². The van der Waals surface area contributed by atoms with E-state index in [1.165, 1.54) is 19.8 Å². The number of hydrogen-bond acceptors (Lipinski definition) is 21. The quantitative estimate of drug-likeness (QED) is 0.0150. The molecule has 506 valence electrons. The van der Waals surface area contributed by atoms with E-state index in [4.69, 9.17) is 38.3 Å². The Hall–Kier alpha value is -7.59. The molecular formula is C57H91ClN12O20. The number of carbonyl (C=O) groups is 12. The molecular weight excluding hydrogens is 1210 g/mol. The highest BCUT2D eigenvalue weighted by Crippen LogP contribution is 2.18. The van der Waals surface area contributed by atoms with Gasteiger partial charge in [-0.3, -0.25) is 47.9 Å². The van der Waals surface area contributed by atoms with Crippen LogP contribution < -0.4 is 69.8 Å². The van der Waals surface area contributed by atoms with Crippen molar-refractivity contribution in [1.29, 1.82) is 0 Å². The number of aliphatic hydroxyl groups excluding tert-OH is 4. The van der Waals surface area contributed by atoms with Gasteiger partial charge in [0.05, 0.1) is 43.6 Å². The number of aliphatic hydroxyl groups is 4. The SMILES string of the molecule is C/C=C1/NC(=O)C([C@H](C)O)NC(=O)[C@H](CCN)NC(=O)C([C@H](O)C(=O)O)NC(=O)C(CCCCN)NC(=O)[C@H](CC(=O)O)NC(=O)C(CCN)NC(=O)C(NC(=O)C[C@@H](O)CCc2cccc(OCCCCCCCCC)c2)COC(=O)C([C@H](O)CCl)NC1=O. The van der Waals surface area contributed by atoms with E-state index in [-0.39, 0.29) is 45.2 Å². The minimum absolute atomic E-state index is 0.0187. The number of rotatable bonds is 30. The number of benzene rings is 1. The molecule has 32 nitrogen and oxygen atoms in total. The molecule has 0 aliphatic carbocycles. The van der Waals surface area contributed by atoms with E-state index >= 15 is 0 Å². The van der Waals surface area contributed by atoms with Gasteiger partial charge in [-0.2, -0.15) is 0 Å². The average molecular weight is 1300 g/mol. The zero-order valence-electron chi connectivity index (χ0n) is 50.9. The van der Waals surface area contributed by atoms with Gasteiger partial charge in [0.25, 0.3) is 5.91 Å². The number of halogens is 1. The summed E-state index contributed by atoms with van der Waals surface area (Å²) in [4.78, 5) is 163. The average Bonchev–Trinajstić information content (AvgIpc) is 3.64. The number of ether oxygens (including phenoxy) is 2. The van der Waals surface area contributed by atoms with E-state index in [2.05, 4.69) is 49.5 Å². The van der Waals surface area contributed by atoms with Crippen LogP contribution >= 0.6 is 11.6 Å². The highest BCUT2D eigenvalue weighted by Gasteiger charge is 2.40. The molecule has 2 rings (SSSR count). The summed E-state index contributed by atoms with van der Waals surface area (Å²) < 4.78 is 11.3. The van der Waals surface area contributed by atoms with Gasteiger partial charge in [-0.1, -0.05) is 63.7 Å². The van der Waals surface area contributed by atoms with Crippen LogP contribution in [0.15, 0.2) is 36.0 Å². The summed E-state index contributed by atoms with van der Waals surface area (Å²) >= 11 is 5.92. The minimum atomic E-state index is -2.78. The van der Waals surface area contributed by atoms with Gasteiger partial charge < -0.3 is 105 Å². The van der Waals surface area contributed by atoms with Crippen LogP contribution in [0.1, 0.15) is 123 Å². The second-order valence-electron chi connectivity index (χ2n) is 21.4. The Morgan fingerprint density at radius 3 is 1.83 bits per heavy atom. The van der Waals surface area contributed by atoms with Gasteiger partial charge in [0.2, 0.25) is 47.3 Å². The minimum Gasteiger partial charge on any atom is -0.494 e. The molecule has 0 spiro atoms. The van der Waals surface area contributed by atoms with Crippen LogP contribution in [0.4, 0.5) is 0 Å². The molecule has 1 saturated heterocycles. The molecule has 0 radical (unpaired) electrons. The number of nitrogens with two attached hydrogens (primary N) is 3. The van der Waals surface area contributed by atoms with Crippen molar-refractivity contribution in [3.63, 3.8) is 0 Å². The topological polar surface area (TPSA) is 531 Å². The van der Waals surface area contributed by atoms with Gasteiger partial charge in [0, 0.05) is 0 Å². The zero-order valence-corrected chi connectivity index (χ0v) is 51.6. The number of esters is 1. The predicted octanol–water partition coefficient (Wildman–Crippen LogP) is -4.32. The summed E-state index contributed by atoms with van der Waals surface area (Å²) in [6.07, 6.45) is -1.84. The lowest BCUT2D eigenvalue weighted by Crippen LogP contribution is -2.63. The van der Waals surface area contributed by atoms with Crippen LogP contribution in [0.5, 0.6) is 5.75 Å². The summed E-state index contributed by atoms with van der Waals surface area (Å²) in [5.74, 6) is -17.3. The van der Waals surface area contributed by atoms with Crippen molar-refractivity contribution < 1.29 is 97.6 Å². The molecule has 1 heterocycles. The molecule has 12 atom stereocenters. The van der Waals surface area contributed by atoms with Crippen LogP contribution in [-0.4, -0.2) is 213 Å². The number of nitrogens with one attached hydrogen (secondary N) is 9. The summed E-state index contributed by atoms with van der Waals surface area (Å²) in [7, 11) is 0. The van der Waals surface area contributed by atoms with Crippen LogP contribution in [0.25, 0.3) is 0 Å². The molecule has 0 bridgehead atoms. The first kappa shape index (κ1) is 78.5. The fraction of sp³-hybridized carbons (Fsp3) is 0.649.